The summed E-state index contributed by atoms with van der Waals surface area (Å²) < 4.78 is 0. The van der Waals surface area contributed by atoms with Crippen molar-refractivity contribution in [2.24, 2.45) is 5.92 Å². The van der Waals surface area contributed by atoms with Crippen LogP contribution in [-0.4, -0.2) is 58.8 Å². The summed E-state index contributed by atoms with van der Waals surface area (Å²) >= 11 is 0. The van der Waals surface area contributed by atoms with E-state index in [-0.39, 0.29) is 18.4 Å². The Kier molecular flexibility index (Phi) is 8.34. The molecule has 112 valence electrons. The SMILES string of the molecule is CCC(C)C(NC(=O)C(C)N(CC)CCO)C(=O)O. The average molecular weight is 274 g/mol. The Balaban J connectivity index is 4.67. The van der Waals surface area contributed by atoms with Crippen LogP contribution in [-0.2, 0) is 9.59 Å². The number of carboxylic acid groups (broad SMARTS) is 1. The van der Waals surface area contributed by atoms with Crippen molar-refractivity contribution in [1.29, 1.82) is 0 Å². The van der Waals surface area contributed by atoms with Crippen molar-refractivity contribution >= 4 is 11.9 Å². The molecule has 3 atom stereocenters. The number of aliphatic hydroxyl groups excluding tert-OH is 1. The first-order valence-electron chi connectivity index (χ1n) is 6.77. The zero-order valence-corrected chi connectivity index (χ0v) is 12.2. The molecule has 0 saturated heterocycles. The fourth-order valence-electron chi connectivity index (χ4n) is 1.88. The van der Waals surface area contributed by atoms with Crippen molar-refractivity contribution in [1.82, 2.24) is 10.2 Å². The number of aliphatic carboxylic acids is 1. The summed E-state index contributed by atoms with van der Waals surface area (Å²) in [6.45, 7) is 8.28. The van der Waals surface area contributed by atoms with Gasteiger partial charge in [0.2, 0.25) is 5.91 Å². The summed E-state index contributed by atoms with van der Waals surface area (Å²) in [4.78, 5) is 25.0. The van der Waals surface area contributed by atoms with E-state index in [0.29, 0.717) is 19.5 Å². The minimum absolute atomic E-state index is 0.0286. The van der Waals surface area contributed by atoms with Crippen LogP contribution in [0.25, 0.3) is 0 Å². The number of rotatable bonds is 9. The molecule has 6 nitrogen and oxygen atoms in total. The van der Waals surface area contributed by atoms with E-state index >= 15 is 0 Å². The lowest BCUT2D eigenvalue weighted by Gasteiger charge is -2.28. The molecule has 0 aromatic heterocycles. The monoisotopic (exact) mass is 274 g/mol. The van der Waals surface area contributed by atoms with E-state index in [4.69, 9.17) is 10.2 Å². The molecule has 0 aliphatic carbocycles. The minimum atomic E-state index is -1.01. The second kappa shape index (κ2) is 8.87. The van der Waals surface area contributed by atoms with Crippen LogP contribution >= 0.6 is 0 Å². The smallest absolute Gasteiger partial charge is 0.326 e. The molecule has 0 saturated carbocycles. The van der Waals surface area contributed by atoms with Crippen LogP contribution in [0.15, 0.2) is 0 Å². The summed E-state index contributed by atoms with van der Waals surface area (Å²) in [7, 11) is 0. The maximum atomic E-state index is 12.1. The number of hydrogen-bond donors (Lipinski definition) is 3. The van der Waals surface area contributed by atoms with Crippen molar-refractivity contribution in [2.45, 2.75) is 46.2 Å². The van der Waals surface area contributed by atoms with Gasteiger partial charge in [0.25, 0.3) is 0 Å². The lowest BCUT2D eigenvalue weighted by Crippen LogP contribution is -2.52. The predicted octanol–water partition coefficient (Wildman–Crippen LogP) is 0.305. The third-order valence-corrected chi connectivity index (χ3v) is 3.50. The Morgan fingerprint density at radius 3 is 2.21 bits per heavy atom. The van der Waals surface area contributed by atoms with E-state index in [0.717, 1.165) is 0 Å². The van der Waals surface area contributed by atoms with Gasteiger partial charge >= 0.3 is 5.97 Å². The Bertz CT molecular complexity index is 296. The first-order valence-corrected chi connectivity index (χ1v) is 6.77. The van der Waals surface area contributed by atoms with E-state index in [1.54, 1.807) is 18.7 Å². The molecular formula is C13H26N2O4. The number of amides is 1. The molecule has 0 bridgehead atoms. The molecule has 3 unspecified atom stereocenters. The van der Waals surface area contributed by atoms with Gasteiger partial charge in [-0.2, -0.15) is 0 Å². The molecule has 6 heteroatoms. The standard InChI is InChI=1S/C13H26N2O4/c1-5-9(3)11(13(18)19)14-12(17)10(4)15(6-2)7-8-16/h9-11,16H,5-8H2,1-4H3,(H,14,17)(H,18,19). The molecule has 19 heavy (non-hydrogen) atoms. The molecule has 0 aliphatic rings. The molecule has 0 spiro atoms. The van der Waals surface area contributed by atoms with Crippen LogP contribution in [0.1, 0.15) is 34.1 Å². The maximum absolute atomic E-state index is 12.1. The van der Waals surface area contributed by atoms with E-state index < -0.39 is 18.1 Å². The van der Waals surface area contributed by atoms with Crippen LogP contribution in [0, 0.1) is 5.92 Å². The highest BCUT2D eigenvalue weighted by molar-refractivity contribution is 5.86. The zero-order chi connectivity index (χ0) is 15.0. The summed E-state index contributed by atoms with van der Waals surface area (Å²) in [5, 5.41) is 20.6. The van der Waals surface area contributed by atoms with Crippen molar-refractivity contribution in [2.75, 3.05) is 19.7 Å². The topological polar surface area (TPSA) is 89.9 Å². The number of nitrogens with zero attached hydrogens (tertiary/aromatic N) is 1. The number of nitrogens with one attached hydrogen (secondary N) is 1. The van der Waals surface area contributed by atoms with E-state index in [2.05, 4.69) is 5.32 Å². The lowest BCUT2D eigenvalue weighted by atomic mass is 9.99. The van der Waals surface area contributed by atoms with E-state index in [9.17, 15) is 9.59 Å². The fourth-order valence-corrected chi connectivity index (χ4v) is 1.88. The van der Waals surface area contributed by atoms with Crippen LogP contribution in [0.4, 0.5) is 0 Å². The molecule has 0 fully saturated rings. The van der Waals surface area contributed by atoms with E-state index in [1.807, 2.05) is 13.8 Å². The summed E-state index contributed by atoms with van der Waals surface area (Å²) in [5.41, 5.74) is 0. The van der Waals surface area contributed by atoms with Gasteiger partial charge in [-0.05, 0) is 19.4 Å². The number of likely N-dealkylation sites (N-methyl/N-ethyl adjacent to an activating group) is 1. The fraction of sp³-hybridized carbons (Fsp3) is 0.846. The quantitative estimate of drug-likeness (QED) is 0.563. The number of aliphatic hydroxyl groups is 1. The van der Waals surface area contributed by atoms with E-state index in [1.165, 1.54) is 0 Å². The normalized spacial score (nSPS) is 15.9. The van der Waals surface area contributed by atoms with Crippen molar-refractivity contribution < 1.29 is 19.8 Å². The van der Waals surface area contributed by atoms with Gasteiger partial charge in [-0.3, -0.25) is 9.69 Å². The molecule has 0 heterocycles. The van der Waals surface area contributed by atoms with Gasteiger partial charge in [-0.1, -0.05) is 27.2 Å². The lowest BCUT2D eigenvalue weighted by molar-refractivity contribution is -0.144. The number of carbonyl (C=O) groups is 2. The van der Waals surface area contributed by atoms with Crippen LogP contribution < -0.4 is 5.32 Å². The van der Waals surface area contributed by atoms with Crippen molar-refractivity contribution in [3.63, 3.8) is 0 Å². The molecule has 0 aromatic rings. The van der Waals surface area contributed by atoms with Gasteiger partial charge in [0.1, 0.15) is 6.04 Å². The Morgan fingerprint density at radius 1 is 1.26 bits per heavy atom. The highest BCUT2D eigenvalue weighted by atomic mass is 16.4. The van der Waals surface area contributed by atoms with Crippen LogP contribution in [0.2, 0.25) is 0 Å². The number of hydrogen-bond acceptors (Lipinski definition) is 4. The van der Waals surface area contributed by atoms with Gasteiger partial charge in [0.15, 0.2) is 0 Å². The predicted molar refractivity (Wildman–Crippen MR) is 72.8 cm³/mol. The number of carbonyl (C=O) groups excluding carboxylic acids is 1. The third kappa shape index (κ3) is 5.57. The van der Waals surface area contributed by atoms with Gasteiger partial charge in [0.05, 0.1) is 12.6 Å². The zero-order valence-electron chi connectivity index (χ0n) is 12.2. The maximum Gasteiger partial charge on any atom is 0.326 e. The first kappa shape index (κ1) is 17.9. The highest BCUT2D eigenvalue weighted by Gasteiger charge is 2.28. The minimum Gasteiger partial charge on any atom is -0.480 e. The Labute approximate surface area is 114 Å². The van der Waals surface area contributed by atoms with Gasteiger partial charge in [-0.25, -0.2) is 4.79 Å². The van der Waals surface area contributed by atoms with Gasteiger partial charge in [0, 0.05) is 6.54 Å². The summed E-state index contributed by atoms with van der Waals surface area (Å²) in [5.74, 6) is -1.45. The molecule has 0 rings (SSSR count). The van der Waals surface area contributed by atoms with Crippen LogP contribution in [0.5, 0.6) is 0 Å². The van der Waals surface area contributed by atoms with Gasteiger partial charge in [-0.15, -0.1) is 0 Å². The highest BCUT2D eigenvalue weighted by Crippen LogP contribution is 2.09. The van der Waals surface area contributed by atoms with Crippen molar-refractivity contribution in [3.05, 3.63) is 0 Å². The Morgan fingerprint density at radius 2 is 1.84 bits per heavy atom. The summed E-state index contributed by atoms with van der Waals surface area (Å²) in [6, 6.07) is -1.32. The first-order chi connectivity index (χ1) is 8.88. The molecule has 0 radical (unpaired) electrons. The van der Waals surface area contributed by atoms with Gasteiger partial charge < -0.3 is 15.5 Å². The van der Waals surface area contributed by atoms with Crippen molar-refractivity contribution in [3.8, 4) is 0 Å². The second-order valence-corrected chi connectivity index (χ2v) is 4.74. The molecule has 0 aliphatic heterocycles. The average Bonchev–Trinajstić information content (AvgIpc) is 2.39. The number of carboxylic acids is 1. The van der Waals surface area contributed by atoms with Crippen LogP contribution in [0.3, 0.4) is 0 Å². The summed E-state index contributed by atoms with van der Waals surface area (Å²) in [6.07, 6.45) is 0.680. The Hall–Kier alpha value is -1.14. The molecular weight excluding hydrogens is 248 g/mol. The molecule has 1 amide bonds. The largest absolute Gasteiger partial charge is 0.480 e. The third-order valence-electron chi connectivity index (χ3n) is 3.50. The molecule has 3 N–H and O–H groups in total. The second-order valence-electron chi connectivity index (χ2n) is 4.74. The molecule has 0 aromatic carbocycles.